The van der Waals surface area contributed by atoms with Gasteiger partial charge in [-0.3, -0.25) is 0 Å². The Labute approximate surface area is 154 Å². The minimum Gasteiger partial charge on any atom is -0.338 e. The lowest BCUT2D eigenvalue weighted by Gasteiger charge is -2.15. The molecule has 0 aliphatic heterocycles. The molecule has 2 N–H and O–H groups in total. The maximum Gasteiger partial charge on any atom is 0.418 e. The van der Waals surface area contributed by atoms with Crippen molar-refractivity contribution in [3.8, 4) is 0 Å². The van der Waals surface area contributed by atoms with Gasteiger partial charge in [-0.1, -0.05) is 37.3 Å². The molecule has 27 heavy (non-hydrogen) atoms. The Bertz CT molecular complexity index is 941. The van der Waals surface area contributed by atoms with Crippen LogP contribution in [0.5, 0.6) is 0 Å². The fraction of sp³-hybridized carbons (Fsp3) is 0.211. The van der Waals surface area contributed by atoms with Gasteiger partial charge in [-0.25, -0.2) is 0 Å². The molecule has 1 heterocycles. The molecule has 1 aromatic heterocycles. The van der Waals surface area contributed by atoms with Crippen molar-refractivity contribution < 1.29 is 13.2 Å². The largest absolute Gasteiger partial charge is 0.418 e. The Balaban J connectivity index is 1.88. The van der Waals surface area contributed by atoms with E-state index < -0.39 is 11.7 Å². The van der Waals surface area contributed by atoms with Crippen LogP contribution >= 0.6 is 0 Å². The number of halogens is 3. The molecule has 0 saturated heterocycles. The molecule has 8 heteroatoms. The highest BCUT2D eigenvalue weighted by atomic mass is 19.4. The Morgan fingerprint density at radius 2 is 1.78 bits per heavy atom. The predicted octanol–water partition coefficient (Wildman–Crippen LogP) is 5.25. The van der Waals surface area contributed by atoms with Crippen LogP contribution < -0.4 is 10.6 Å². The third-order valence-corrected chi connectivity index (χ3v) is 4.03. The van der Waals surface area contributed by atoms with Crippen LogP contribution in [0.4, 0.5) is 36.3 Å². The van der Waals surface area contributed by atoms with Crippen LogP contribution in [0.3, 0.4) is 0 Å². The van der Waals surface area contributed by atoms with Gasteiger partial charge >= 0.3 is 6.18 Å². The average molecular weight is 373 g/mol. The summed E-state index contributed by atoms with van der Waals surface area (Å²) >= 11 is 0. The van der Waals surface area contributed by atoms with Crippen LogP contribution in [0.2, 0.25) is 0 Å². The number of para-hydroxylation sites is 2. The molecule has 0 radical (unpaired) electrons. The summed E-state index contributed by atoms with van der Waals surface area (Å²) in [5.74, 6) is 0.365. The SMILES string of the molecule is CCc1cccc(C)c1Nc1nncc(Nc2ccccc2C(F)(F)F)n1. The smallest absolute Gasteiger partial charge is 0.338 e. The first-order chi connectivity index (χ1) is 12.9. The minimum atomic E-state index is -4.47. The molecular formula is C19H18F3N5. The molecule has 3 rings (SSSR count). The highest BCUT2D eigenvalue weighted by Crippen LogP contribution is 2.35. The summed E-state index contributed by atoms with van der Waals surface area (Å²) in [6.07, 6.45) is -2.38. The summed E-state index contributed by atoms with van der Waals surface area (Å²) < 4.78 is 39.4. The highest BCUT2D eigenvalue weighted by Gasteiger charge is 2.33. The summed E-state index contributed by atoms with van der Waals surface area (Å²) in [5.41, 5.74) is 2.10. The van der Waals surface area contributed by atoms with E-state index in [4.69, 9.17) is 0 Å². The van der Waals surface area contributed by atoms with Crippen LogP contribution in [-0.4, -0.2) is 15.2 Å². The molecule has 0 amide bonds. The first kappa shape index (κ1) is 18.6. The molecule has 0 unspecified atom stereocenters. The molecule has 0 aliphatic rings. The van der Waals surface area contributed by atoms with Crippen molar-refractivity contribution >= 4 is 23.1 Å². The van der Waals surface area contributed by atoms with Crippen molar-refractivity contribution in [1.29, 1.82) is 0 Å². The molecule has 0 spiro atoms. The monoisotopic (exact) mass is 373 g/mol. The Hall–Kier alpha value is -3.16. The standard InChI is InChI=1S/C19H18F3N5/c1-3-13-8-6-7-12(2)17(13)26-18-25-16(11-23-27-18)24-15-10-5-4-9-14(15)19(20,21)22/h4-11H,3H2,1-2H3,(H2,24,25,26,27). The molecular weight excluding hydrogens is 355 g/mol. The van der Waals surface area contributed by atoms with Crippen LogP contribution in [0.1, 0.15) is 23.6 Å². The number of nitrogens with one attached hydrogen (secondary N) is 2. The van der Waals surface area contributed by atoms with Crippen molar-refractivity contribution in [2.45, 2.75) is 26.4 Å². The number of hydrogen-bond acceptors (Lipinski definition) is 5. The molecule has 3 aromatic rings. The van der Waals surface area contributed by atoms with Crippen molar-refractivity contribution in [1.82, 2.24) is 15.2 Å². The van der Waals surface area contributed by atoms with Gasteiger partial charge in [0.15, 0.2) is 5.82 Å². The van der Waals surface area contributed by atoms with Gasteiger partial charge in [-0.15, -0.1) is 5.10 Å². The van der Waals surface area contributed by atoms with Gasteiger partial charge in [-0.05, 0) is 36.6 Å². The maximum atomic E-state index is 13.1. The average Bonchev–Trinajstić information content (AvgIpc) is 2.63. The second-order valence-corrected chi connectivity index (χ2v) is 5.92. The highest BCUT2D eigenvalue weighted by molar-refractivity contribution is 5.65. The van der Waals surface area contributed by atoms with Gasteiger partial charge in [0.2, 0.25) is 5.95 Å². The zero-order valence-corrected chi connectivity index (χ0v) is 14.8. The fourth-order valence-corrected chi connectivity index (χ4v) is 2.71. The van der Waals surface area contributed by atoms with Crippen molar-refractivity contribution in [3.63, 3.8) is 0 Å². The predicted molar refractivity (Wildman–Crippen MR) is 98.4 cm³/mol. The first-order valence-electron chi connectivity index (χ1n) is 8.37. The van der Waals surface area contributed by atoms with Crippen molar-refractivity contribution in [3.05, 3.63) is 65.4 Å². The lowest BCUT2D eigenvalue weighted by molar-refractivity contribution is -0.136. The van der Waals surface area contributed by atoms with E-state index in [1.165, 1.54) is 24.4 Å². The number of aromatic nitrogens is 3. The van der Waals surface area contributed by atoms with E-state index in [-0.39, 0.29) is 17.5 Å². The molecule has 0 saturated carbocycles. The number of benzene rings is 2. The molecule has 0 aliphatic carbocycles. The van der Waals surface area contributed by atoms with Crippen molar-refractivity contribution in [2.75, 3.05) is 10.6 Å². The zero-order chi connectivity index (χ0) is 19.4. The fourth-order valence-electron chi connectivity index (χ4n) is 2.71. The number of hydrogen-bond donors (Lipinski definition) is 2. The first-order valence-corrected chi connectivity index (χ1v) is 8.37. The van der Waals surface area contributed by atoms with Gasteiger partial charge in [0.05, 0.1) is 17.4 Å². The van der Waals surface area contributed by atoms with Gasteiger partial charge in [0, 0.05) is 5.69 Å². The topological polar surface area (TPSA) is 62.7 Å². The van der Waals surface area contributed by atoms with E-state index in [1.807, 2.05) is 32.0 Å². The zero-order valence-electron chi connectivity index (χ0n) is 14.8. The normalized spacial score (nSPS) is 11.3. The second kappa shape index (κ2) is 7.61. The Morgan fingerprint density at radius 3 is 2.52 bits per heavy atom. The number of alkyl halides is 3. The van der Waals surface area contributed by atoms with E-state index in [9.17, 15) is 13.2 Å². The summed E-state index contributed by atoms with van der Waals surface area (Å²) in [5, 5.41) is 13.6. The van der Waals surface area contributed by atoms with Gasteiger partial charge in [-0.2, -0.15) is 23.3 Å². The molecule has 140 valence electrons. The lowest BCUT2D eigenvalue weighted by Crippen LogP contribution is -2.10. The van der Waals surface area contributed by atoms with E-state index in [0.29, 0.717) is 0 Å². The van der Waals surface area contributed by atoms with Crippen LogP contribution in [-0.2, 0) is 12.6 Å². The third-order valence-electron chi connectivity index (χ3n) is 4.03. The van der Waals surface area contributed by atoms with E-state index >= 15 is 0 Å². The number of aryl methyl sites for hydroxylation is 2. The number of anilines is 4. The summed E-state index contributed by atoms with van der Waals surface area (Å²) in [4.78, 5) is 4.24. The van der Waals surface area contributed by atoms with Gasteiger partial charge in [0.1, 0.15) is 0 Å². The molecule has 0 atom stereocenters. The van der Waals surface area contributed by atoms with E-state index in [2.05, 4.69) is 25.8 Å². The quantitative estimate of drug-likeness (QED) is 0.640. The number of nitrogens with zero attached hydrogens (tertiary/aromatic N) is 3. The Morgan fingerprint density at radius 1 is 1.00 bits per heavy atom. The van der Waals surface area contributed by atoms with Crippen LogP contribution in [0.25, 0.3) is 0 Å². The van der Waals surface area contributed by atoms with E-state index in [1.54, 1.807) is 0 Å². The molecule has 0 fully saturated rings. The maximum absolute atomic E-state index is 13.1. The summed E-state index contributed by atoms with van der Waals surface area (Å²) in [7, 11) is 0. The van der Waals surface area contributed by atoms with Gasteiger partial charge in [0.25, 0.3) is 0 Å². The van der Waals surface area contributed by atoms with Crippen LogP contribution in [0, 0.1) is 6.92 Å². The Kier molecular flexibility index (Phi) is 5.25. The summed E-state index contributed by atoms with van der Waals surface area (Å²) in [6.45, 7) is 3.99. The van der Waals surface area contributed by atoms with Crippen LogP contribution in [0.15, 0.2) is 48.7 Å². The number of rotatable bonds is 5. The second-order valence-electron chi connectivity index (χ2n) is 5.92. The summed E-state index contributed by atoms with van der Waals surface area (Å²) in [6, 6.07) is 11.1. The van der Waals surface area contributed by atoms with E-state index in [0.717, 1.165) is 29.3 Å². The molecule has 0 bridgehead atoms. The molecule has 5 nitrogen and oxygen atoms in total. The third kappa shape index (κ3) is 4.33. The van der Waals surface area contributed by atoms with Crippen molar-refractivity contribution in [2.24, 2.45) is 0 Å². The van der Waals surface area contributed by atoms with Gasteiger partial charge < -0.3 is 10.6 Å². The molecule has 2 aromatic carbocycles. The lowest BCUT2D eigenvalue weighted by atomic mass is 10.1. The minimum absolute atomic E-state index is 0.0958.